The molecule has 1 nitrogen and oxygen atoms in total. The molecular formula is C21H20NS+. The second-order valence-electron chi connectivity index (χ2n) is 6.11. The highest BCUT2D eigenvalue weighted by molar-refractivity contribution is 7.97. The number of benzene rings is 2. The lowest BCUT2D eigenvalue weighted by atomic mass is 9.91. The van der Waals surface area contributed by atoms with Crippen LogP contribution in [0.1, 0.15) is 24.5 Å². The van der Waals surface area contributed by atoms with Crippen LogP contribution in [0.4, 0.5) is 0 Å². The summed E-state index contributed by atoms with van der Waals surface area (Å²) >= 11 is 0.0855. The number of allylic oxidation sites excluding steroid dienone is 2. The van der Waals surface area contributed by atoms with Gasteiger partial charge in [0.25, 0.3) is 0 Å². The fourth-order valence-corrected chi connectivity index (χ4v) is 5.45. The number of nitrogens with zero attached hydrogens (tertiary/aromatic N) is 1. The molecule has 2 aliphatic heterocycles. The van der Waals surface area contributed by atoms with Crippen molar-refractivity contribution in [3.8, 4) is 0 Å². The van der Waals surface area contributed by atoms with E-state index in [0.717, 1.165) is 12.2 Å². The monoisotopic (exact) mass is 318 g/mol. The molecule has 2 atom stereocenters. The van der Waals surface area contributed by atoms with Crippen molar-refractivity contribution < 1.29 is 0 Å². The Morgan fingerprint density at radius 1 is 0.913 bits per heavy atom. The van der Waals surface area contributed by atoms with Gasteiger partial charge in [-0.3, -0.25) is 0 Å². The van der Waals surface area contributed by atoms with E-state index in [1.165, 1.54) is 27.8 Å². The Labute approximate surface area is 141 Å². The Bertz CT molecular complexity index is 787. The van der Waals surface area contributed by atoms with Crippen LogP contribution < -0.4 is 0 Å². The van der Waals surface area contributed by atoms with Gasteiger partial charge in [-0.2, -0.15) is 0 Å². The third-order valence-electron chi connectivity index (χ3n) is 4.48. The zero-order chi connectivity index (χ0) is 15.6. The van der Waals surface area contributed by atoms with Gasteiger partial charge in [0, 0.05) is 17.6 Å². The standard InChI is InChI=1S/C21H20NS/c1-16-12-13-20-21(18-10-6-3-7-11-18)19(14-22-23(20)15-16)17-8-4-2-5-9-17/h2-12,14,20H,13,15H2,1H3/q+1. The van der Waals surface area contributed by atoms with Crippen LogP contribution in [-0.2, 0) is 11.1 Å². The van der Waals surface area contributed by atoms with Crippen molar-refractivity contribution in [2.45, 2.75) is 18.6 Å². The van der Waals surface area contributed by atoms with Gasteiger partial charge in [-0.1, -0.05) is 71.1 Å². The quantitative estimate of drug-likeness (QED) is 0.550. The Balaban J connectivity index is 1.89. The summed E-state index contributed by atoms with van der Waals surface area (Å²) in [5.41, 5.74) is 6.85. The Kier molecular flexibility index (Phi) is 3.92. The van der Waals surface area contributed by atoms with Crippen molar-refractivity contribution in [3.63, 3.8) is 0 Å². The number of fused-ring (bicyclic) bond motifs is 1. The van der Waals surface area contributed by atoms with Gasteiger partial charge in [0.15, 0.2) is 11.0 Å². The van der Waals surface area contributed by atoms with Crippen LogP contribution in [0.3, 0.4) is 0 Å². The van der Waals surface area contributed by atoms with Crippen LogP contribution in [-0.4, -0.2) is 17.2 Å². The first-order valence-electron chi connectivity index (χ1n) is 8.07. The van der Waals surface area contributed by atoms with E-state index in [1.54, 1.807) is 0 Å². The third-order valence-corrected chi connectivity index (χ3v) is 6.70. The lowest BCUT2D eigenvalue weighted by Gasteiger charge is -2.26. The molecule has 2 aliphatic rings. The summed E-state index contributed by atoms with van der Waals surface area (Å²) in [4.78, 5) is 0. The molecule has 0 radical (unpaired) electrons. The molecule has 2 heterocycles. The zero-order valence-electron chi connectivity index (χ0n) is 13.3. The minimum absolute atomic E-state index is 0.0855. The lowest BCUT2D eigenvalue weighted by molar-refractivity contribution is 1.03. The van der Waals surface area contributed by atoms with Crippen molar-refractivity contribution in [3.05, 3.63) is 83.4 Å². The average Bonchev–Trinajstić information content (AvgIpc) is 2.62. The summed E-state index contributed by atoms with van der Waals surface area (Å²) in [6.45, 7) is 2.23. The third kappa shape index (κ3) is 2.79. The van der Waals surface area contributed by atoms with Gasteiger partial charge < -0.3 is 0 Å². The van der Waals surface area contributed by atoms with E-state index in [1.807, 2.05) is 0 Å². The molecule has 23 heavy (non-hydrogen) atoms. The van der Waals surface area contributed by atoms with Gasteiger partial charge in [-0.25, -0.2) is 0 Å². The first-order valence-corrected chi connectivity index (χ1v) is 9.49. The fourth-order valence-electron chi connectivity index (χ4n) is 3.35. The van der Waals surface area contributed by atoms with Crippen LogP contribution in [0.15, 0.2) is 76.7 Å². The Morgan fingerprint density at radius 2 is 1.57 bits per heavy atom. The summed E-state index contributed by atoms with van der Waals surface area (Å²) in [7, 11) is 0. The summed E-state index contributed by atoms with van der Waals surface area (Å²) in [6, 6.07) is 21.5. The van der Waals surface area contributed by atoms with E-state index in [9.17, 15) is 0 Å². The van der Waals surface area contributed by atoms with Crippen LogP contribution in [0, 0.1) is 0 Å². The van der Waals surface area contributed by atoms with Crippen molar-refractivity contribution >= 4 is 28.4 Å². The van der Waals surface area contributed by atoms with E-state index in [2.05, 4.69) is 79.9 Å². The van der Waals surface area contributed by atoms with Crippen LogP contribution >= 0.6 is 0 Å². The normalized spacial score (nSPS) is 23.4. The Hall–Kier alpha value is -2.06. The molecule has 0 N–H and O–H groups in total. The van der Waals surface area contributed by atoms with Gasteiger partial charge in [0.05, 0.1) is 6.21 Å². The van der Waals surface area contributed by atoms with Gasteiger partial charge in [-0.05, 0) is 23.6 Å². The van der Waals surface area contributed by atoms with Gasteiger partial charge in [0.2, 0.25) is 0 Å². The van der Waals surface area contributed by atoms with Gasteiger partial charge in [0.1, 0.15) is 11.1 Å². The van der Waals surface area contributed by atoms with E-state index >= 15 is 0 Å². The molecule has 0 spiro atoms. The van der Waals surface area contributed by atoms with Crippen molar-refractivity contribution in [1.82, 2.24) is 0 Å². The summed E-state index contributed by atoms with van der Waals surface area (Å²) < 4.78 is 4.94. The molecule has 0 bridgehead atoms. The molecule has 114 valence electrons. The lowest BCUT2D eigenvalue weighted by Crippen LogP contribution is -2.31. The molecule has 2 unspecified atom stereocenters. The predicted molar refractivity (Wildman–Crippen MR) is 103 cm³/mol. The van der Waals surface area contributed by atoms with E-state index in [0.29, 0.717) is 5.25 Å². The maximum absolute atomic E-state index is 4.94. The second kappa shape index (κ2) is 6.21. The number of hydrogen-bond donors (Lipinski definition) is 0. The molecule has 0 amide bonds. The molecule has 0 saturated carbocycles. The molecular weight excluding hydrogens is 298 g/mol. The van der Waals surface area contributed by atoms with E-state index < -0.39 is 0 Å². The van der Waals surface area contributed by atoms with Crippen molar-refractivity contribution in [1.29, 1.82) is 0 Å². The average molecular weight is 318 g/mol. The van der Waals surface area contributed by atoms with Crippen molar-refractivity contribution in [2.75, 3.05) is 5.75 Å². The SMILES string of the molecule is CC1=CCC2C(c3ccccc3)=C(c3ccccc3)C=N[S+]2C1. The van der Waals surface area contributed by atoms with Crippen LogP contribution in [0.5, 0.6) is 0 Å². The molecule has 0 aromatic heterocycles. The largest absolute Gasteiger partial charge is 0.175 e. The molecule has 0 saturated heterocycles. The highest BCUT2D eigenvalue weighted by atomic mass is 32.2. The molecule has 0 fully saturated rings. The maximum atomic E-state index is 4.94. The first kappa shape index (κ1) is 14.5. The zero-order valence-corrected chi connectivity index (χ0v) is 14.1. The summed E-state index contributed by atoms with van der Waals surface area (Å²) in [5.74, 6) is 1.11. The minimum atomic E-state index is 0.0855. The molecule has 2 heteroatoms. The van der Waals surface area contributed by atoms with E-state index in [4.69, 9.17) is 4.40 Å². The van der Waals surface area contributed by atoms with Crippen LogP contribution in [0.25, 0.3) is 11.1 Å². The van der Waals surface area contributed by atoms with E-state index in [-0.39, 0.29) is 11.1 Å². The Morgan fingerprint density at radius 3 is 2.26 bits per heavy atom. The summed E-state index contributed by atoms with van der Waals surface area (Å²) in [6.07, 6.45) is 5.63. The number of hydrogen-bond acceptors (Lipinski definition) is 1. The minimum Gasteiger partial charge on any atom is -0.0755 e. The first-order chi connectivity index (χ1) is 11.3. The second-order valence-corrected chi connectivity index (χ2v) is 7.99. The summed E-state index contributed by atoms with van der Waals surface area (Å²) in [5, 5.41) is 0.515. The highest BCUT2D eigenvalue weighted by Crippen LogP contribution is 2.40. The topological polar surface area (TPSA) is 12.4 Å². The molecule has 0 aliphatic carbocycles. The van der Waals surface area contributed by atoms with Gasteiger partial charge in [-0.15, -0.1) is 0 Å². The van der Waals surface area contributed by atoms with Gasteiger partial charge >= 0.3 is 0 Å². The fraction of sp³-hybridized carbons (Fsp3) is 0.190. The van der Waals surface area contributed by atoms with Crippen LogP contribution in [0.2, 0.25) is 0 Å². The predicted octanol–water partition coefficient (Wildman–Crippen LogP) is 4.93. The smallest absolute Gasteiger partial charge is 0.0755 e. The maximum Gasteiger partial charge on any atom is 0.175 e. The number of rotatable bonds is 2. The molecule has 2 aromatic carbocycles. The highest BCUT2D eigenvalue weighted by Gasteiger charge is 2.41. The molecule has 2 aromatic rings. The van der Waals surface area contributed by atoms with Crippen molar-refractivity contribution in [2.24, 2.45) is 4.40 Å². The molecule has 4 rings (SSSR count).